The Morgan fingerprint density at radius 3 is 2.50 bits per heavy atom. The molecule has 1 unspecified atom stereocenters. The highest BCUT2D eigenvalue weighted by atomic mass is 32.2. The second kappa shape index (κ2) is 5.75. The van der Waals surface area contributed by atoms with Crippen LogP contribution in [-0.4, -0.2) is 26.0 Å². The highest BCUT2D eigenvalue weighted by Crippen LogP contribution is 2.40. The molecule has 2 rings (SSSR count). The molecule has 3 nitrogen and oxygen atoms in total. The van der Waals surface area contributed by atoms with Crippen molar-refractivity contribution in [2.24, 2.45) is 5.41 Å². The van der Waals surface area contributed by atoms with E-state index in [1.54, 1.807) is 0 Å². The van der Waals surface area contributed by atoms with Crippen molar-refractivity contribution in [3.05, 3.63) is 29.8 Å². The quantitative estimate of drug-likeness (QED) is 0.828. The zero-order chi connectivity index (χ0) is 13.0. The molecule has 0 aliphatic carbocycles. The number of hydrogen-bond acceptors (Lipinski definition) is 4. The van der Waals surface area contributed by atoms with E-state index in [0.717, 1.165) is 11.3 Å². The number of hydrogen-bond donors (Lipinski definition) is 1. The largest absolute Gasteiger partial charge is 0.378 e. The minimum absolute atomic E-state index is 0.0388. The number of benzene rings is 1. The molecule has 0 aromatic heterocycles. The summed E-state index contributed by atoms with van der Waals surface area (Å²) in [6, 6.07) is 10.9. The summed E-state index contributed by atoms with van der Waals surface area (Å²) >= 11 is 1.83. The van der Waals surface area contributed by atoms with E-state index < -0.39 is 5.41 Å². The molecule has 0 bridgehead atoms. The van der Waals surface area contributed by atoms with Gasteiger partial charge in [-0.3, -0.25) is 0 Å². The van der Waals surface area contributed by atoms with Gasteiger partial charge in [0.25, 0.3) is 0 Å². The van der Waals surface area contributed by atoms with E-state index in [0.29, 0.717) is 13.2 Å². The number of thioether (sulfide) groups is 1. The van der Waals surface area contributed by atoms with E-state index in [9.17, 15) is 5.26 Å². The summed E-state index contributed by atoms with van der Waals surface area (Å²) in [6.45, 7) is 3.17. The number of nitriles is 1. The minimum Gasteiger partial charge on any atom is -0.378 e. The Kier molecular flexibility index (Phi) is 4.28. The number of rotatable bonds is 5. The van der Waals surface area contributed by atoms with E-state index in [2.05, 4.69) is 42.6 Å². The van der Waals surface area contributed by atoms with Gasteiger partial charge in [0.15, 0.2) is 0 Å². The Labute approximate surface area is 113 Å². The van der Waals surface area contributed by atoms with Crippen LogP contribution in [0.25, 0.3) is 0 Å². The average Bonchev–Trinajstić information content (AvgIpc) is 2.35. The molecule has 0 spiro atoms. The molecule has 1 aromatic rings. The SMILES string of the molecule is CCSc1ccc(C(NC)C2(C#N)COC2)cc1. The van der Waals surface area contributed by atoms with Gasteiger partial charge in [0.1, 0.15) is 5.41 Å². The molecule has 96 valence electrons. The molecule has 0 saturated carbocycles. The summed E-state index contributed by atoms with van der Waals surface area (Å²) in [5.74, 6) is 1.07. The number of nitrogens with zero attached hydrogens (tertiary/aromatic N) is 1. The predicted octanol–water partition coefficient (Wildman–Crippen LogP) is 2.60. The van der Waals surface area contributed by atoms with Crippen molar-refractivity contribution in [2.45, 2.75) is 17.9 Å². The van der Waals surface area contributed by atoms with Crippen LogP contribution in [0.3, 0.4) is 0 Å². The third-order valence-electron chi connectivity index (χ3n) is 3.31. The van der Waals surface area contributed by atoms with Crippen LogP contribution in [0.5, 0.6) is 0 Å². The minimum atomic E-state index is -0.409. The Balaban J connectivity index is 2.20. The first kappa shape index (κ1) is 13.4. The van der Waals surface area contributed by atoms with Gasteiger partial charge in [-0.25, -0.2) is 0 Å². The molecule has 1 aliphatic rings. The summed E-state index contributed by atoms with van der Waals surface area (Å²) in [4.78, 5) is 1.27. The topological polar surface area (TPSA) is 45.0 Å². The monoisotopic (exact) mass is 262 g/mol. The van der Waals surface area contributed by atoms with Crippen LogP contribution >= 0.6 is 11.8 Å². The lowest BCUT2D eigenvalue weighted by Gasteiger charge is -2.41. The van der Waals surface area contributed by atoms with Crippen LogP contribution in [0, 0.1) is 16.7 Å². The fraction of sp³-hybridized carbons (Fsp3) is 0.500. The smallest absolute Gasteiger partial charge is 0.123 e. The highest BCUT2D eigenvalue weighted by Gasteiger charge is 2.46. The molecule has 0 radical (unpaired) electrons. The Bertz CT molecular complexity index is 434. The van der Waals surface area contributed by atoms with Gasteiger partial charge in [0.2, 0.25) is 0 Å². The number of nitrogens with one attached hydrogen (secondary N) is 1. The van der Waals surface area contributed by atoms with Crippen molar-refractivity contribution in [2.75, 3.05) is 26.0 Å². The van der Waals surface area contributed by atoms with Gasteiger partial charge in [0.05, 0.1) is 25.3 Å². The summed E-state index contributed by atoms with van der Waals surface area (Å²) in [7, 11) is 1.90. The standard InChI is InChI=1S/C14H18N2OS/c1-3-18-12-6-4-11(5-7-12)13(16-2)14(8-15)9-17-10-14/h4-7,13,16H,3,9-10H2,1-2H3. The van der Waals surface area contributed by atoms with E-state index in [1.165, 1.54) is 4.90 Å². The van der Waals surface area contributed by atoms with Crippen LogP contribution in [0.2, 0.25) is 0 Å². The maximum atomic E-state index is 9.36. The van der Waals surface area contributed by atoms with Gasteiger partial charge in [-0.05, 0) is 30.5 Å². The zero-order valence-corrected chi connectivity index (χ0v) is 11.6. The molecule has 1 saturated heterocycles. The molecule has 1 heterocycles. The third kappa shape index (κ3) is 2.39. The van der Waals surface area contributed by atoms with Crippen molar-refractivity contribution < 1.29 is 4.74 Å². The van der Waals surface area contributed by atoms with E-state index >= 15 is 0 Å². The lowest BCUT2D eigenvalue weighted by Crippen LogP contribution is -2.50. The Morgan fingerprint density at radius 1 is 1.44 bits per heavy atom. The first-order valence-electron chi connectivity index (χ1n) is 6.15. The third-order valence-corrected chi connectivity index (χ3v) is 4.20. The Hall–Kier alpha value is -1.02. The first-order valence-corrected chi connectivity index (χ1v) is 7.13. The van der Waals surface area contributed by atoms with Crippen molar-refractivity contribution in [3.63, 3.8) is 0 Å². The first-order chi connectivity index (χ1) is 8.75. The van der Waals surface area contributed by atoms with Crippen LogP contribution in [0.15, 0.2) is 29.2 Å². The lowest BCUT2D eigenvalue weighted by molar-refractivity contribution is -0.0963. The van der Waals surface area contributed by atoms with Gasteiger partial charge >= 0.3 is 0 Å². The normalized spacial score (nSPS) is 18.7. The molecule has 18 heavy (non-hydrogen) atoms. The fourth-order valence-corrected chi connectivity index (χ4v) is 2.96. The summed E-state index contributed by atoms with van der Waals surface area (Å²) < 4.78 is 5.23. The average molecular weight is 262 g/mol. The van der Waals surface area contributed by atoms with Gasteiger partial charge in [-0.2, -0.15) is 5.26 Å². The van der Waals surface area contributed by atoms with E-state index in [4.69, 9.17) is 4.74 Å². The fourth-order valence-electron chi connectivity index (χ4n) is 2.30. The van der Waals surface area contributed by atoms with Gasteiger partial charge in [-0.15, -0.1) is 11.8 Å². The van der Waals surface area contributed by atoms with Crippen molar-refractivity contribution >= 4 is 11.8 Å². The molecule has 1 aliphatic heterocycles. The molecule has 0 amide bonds. The summed E-state index contributed by atoms with van der Waals surface area (Å²) in [5, 5.41) is 12.6. The van der Waals surface area contributed by atoms with Crippen molar-refractivity contribution in [1.29, 1.82) is 5.26 Å². The molecule has 1 aromatic carbocycles. The molecule has 1 fully saturated rings. The second-order valence-electron chi connectivity index (χ2n) is 4.48. The lowest BCUT2D eigenvalue weighted by atomic mass is 9.76. The summed E-state index contributed by atoms with van der Waals surface area (Å²) in [6.07, 6.45) is 0. The maximum absolute atomic E-state index is 9.36. The molecular formula is C14H18N2OS. The van der Waals surface area contributed by atoms with E-state index in [1.807, 2.05) is 18.8 Å². The number of ether oxygens (including phenoxy) is 1. The maximum Gasteiger partial charge on any atom is 0.123 e. The van der Waals surface area contributed by atoms with Crippen molar-refractivity contribution in [3.8, 4) is 6.07 Å². The van der Waals surface area contributed by atoms with Crippen molar-refractivity contribution in [1.82, 2.24) is 5.32 Å². The van der Waals surface area contributed by atoms with Gasteiger partial charge in [0, 0.05) is 4.90 Å². The zero-order valence-electron chi connectivity index (χ0n) is 10.8. The van der Waals surface area contributed by atoms with Crippen LogP contribution in [0.1, 0.15) is 18.5 Å². The second-order valence-corrected chi connectivity index (χ2v) is 5.82. The highest BCUT2D eigenvalue weighted by molar-refractivity contribution is 7.99. The molecule has 1 atom stereocenters. The van der Waals surface area contributed by atoms with Crippen LogP contribution in [-0.2, 0) is 4.74 Å². The molecule has 4 heteroatoms. The molecule has 1 N–H and O–H groups in total. The van der Waals surface area contributed by atoms with Crippen LogP contribution < -0.4 is 5.32 Å². The molecular weight excluding hydrogens is 244 g/mol. The van der Waals surface area contributed by atoms with Gasteiger partial charge < -0.3 is 10.1 Å². The van der Waals surface area contributed by atoms with Gasteiger partial charge in [-0.1, -0.05) is 19.1 Å². The predicted molar refractivity (Wildman–Crippen MR) is 73.5 cm³/mol. The Morgan fingerprint density at radius 2 is 2.11 bits per heavy atom. The van der Waals surface area contributed by atoms with Crippen LogP contribution in [0.4, 0.5) is 0 Å². The summed E-state index contributed by atoms with van der Waals surface area (Å²) in [5.41, 5.74) is 0.747. The van der Waals surface area contributed by atoms with E-state index in [-0.39, 0.29) is 6.04 Å².